The van der Waals surface area contributed by atoms with Crippen LogP contribution in [0.5, 0.6) is 11.5 Å². The van der Waals surface area contributed by atoms with Gasteiger partial charge in [-0.05, 0) is 37.1 Å². The lowest BCUT2D eigenvalue weighted by atomic mass is 10.2. The number of likely N-dealkylation sites (N-methyl/N-ethyl adjacent to an activating group) is 1. The number of hydrogen-bond donors (Lipinski definition) is 0. The van der Waals surface area contributed by atoms with E-state index in [1.54, 1.807) is 11.9 Å². The zero-order valence-corrected chi connectivity index (χ0v) is 18.1. The minimum Gasteiger partial charge on any atom is -0.486 e. The van der Waals surface area contributed by atoms with Gasteiger partial charge in [-0.25, -0.2) is 0 Å². The Kier molecular flexibility index (Phi) is 5.55. The summed E-state index contributed by atoms with van der Waals surface area (Å²) in [7, 11) is 1.80. The second-order valence-corrected chi connectivity index (χ2v) is 8.79. The van der Waals surface area contributed by atoms with Crippen molar-refractivity contribution in [3.63, 3.8) is 0 Å². The number of para-hydroxylation sites is 3. The Morgan fingerprint density at radius 3 is 2.61 bits per heavy atom. The number of aromatic nitrogens is 3. The fourth-order valence-corrected chi connectivity index (χ4v) is 4.50. The Bertz CT molecular complexity index is 1070. The lowest BCUT2D eigenvalue weighted by Gasteiger charge is -2.29. The number of fused-ring (bicyclic) bond motifs is 1. The third kappa shape index (κ3) is 4.39. The number of rotatable bonds is 7. The Labute approximate surface area is 185 Å². The van der Waals surface area contributed by atoms with E-state index in [1.807, 2.05) is 54.6 Å². The highest BCUT2D eigenvalue weighted by atomic mass is 32.2. The maximum absolute atomic E-state index is 12.8. The minimum atomic E-state index is -0.191. The maximum Gasteiger partial charge on any atom is 0.232 e. The normalized spacial score (nSPS) is 17.4. The second kappa shape index (κ2) is 8.63. The van der Waals surface area contributed by atoms with E-state index >= 15 is 0 Å². The van der Waals surface area contributed by atoms with Crippen LogP contribution >= 0.6 is 11.8 Å². The van der Waals surface area contributed by atoms with Crippen LogP contribution in [0.25, 0.3) is 5.69 Å². The number of benzene rings is 2. The molecule has 0 bridgehead atoms. The van der Waals surface area contributed by atoms with Gasteiger partial charge in [0.15, 0.2) is 22.8 Å². The van der Waals surface area contributed by atoms with Crippen LogP contribution in [-0.4, -0.2) is 57.6 Å². The van der Waals surface area contributed by atoms with E-state index in [0.717, 1.165) is 41.0 Å². The molecule has 7 nitrogen and oxygen atoms in total. The van der Waals surface area contributed by atoms with Crippen LogP contribution in [-0.2, 0) is 4.79 Å². The monoisotopic (exact) mass is 436 g/mol. The molecule has 8 heteroatoms. The molecule has 1 aromatic heterocycles. The summed E-state index contributed by atoms with van der Waals surface area (Å²) >= 11 is 1.42. The summed E-state index contributed by atoms with van der Waals surface area (Å²) in [6.07, 6.45) is 2.09. The van der Waals surface area contributed by atoms with Crippen LogP contribution in [0.15, 0.2) is 59.8 Å². The standard InChI is InChI=1S/C23H24N4O3S/c1-26(13-18-14-29-19-9-5-6-10-20(19)30-18)21(28)15-31-23-25-24-22(16-11-12-16)27(23)17-7-3-2-4-8-17/h2-10,16,18H,11-15H2,1H3. The average Bonchev–Trinajstić information content (AvgIpc) is 3.57. The molecule has 0 radical (unpaired) electrons. The molecular formula is C23H24N4O3S. The van der Waals surface area contributed by atoms with E-state index in [-0.39, 0.29) is 17.8 Å². The SMILES string of the molecule is CN(CC1COc2ccccc2O1)C(=O)CSc1nnc(C2CC2)n1-c1ccccc1. The van der Waals surface area contributed by atoms with Crippen molar-refractivity contribution in [3.8, 4) is 17.2 Å². The highest BCUT2D eigenvalue weighted by molar-refractivity contribution is 7.99. The molecule has 3 aromatic rings. The molecule has 160 valence electrons. The van der Waals surface area contributed by atoms with Crippen LogP contribution < -0.4 is 9.47 Å². The van der Waals surface area contributed by atoms with Crippen LogP contribution in [0, 0.1) is 0 Å². The summed E-state index contributed by atoms with van der Waals surface area (Å²) in [5.41, 5.74) is 1.03. The lowest BCUT2D eigenvalue weighted by molar-refractivity contribution is -0.128. The Morgan fingerprint density at radius 2 is 1.84 bits per heavy atom. The van der Waals surface area contributed by atoms with Gasteiger partial charge in [-0.1, -0.05) is 42.1 Å². The molecule has 5 rings (SSSR count). The number of carbonyl (C=O) groups excluding carboxylic acids is 1. The van der Waals surface area contributed by atoms with E-state index in [1.165, 1.54) is 11.8 Å². The van der Waals surface area contributed by atoms with E-state index in [2.05, 4.69) is 14.8 Å². The third-order valence-corrected chi connectivity index (χ3v) is 6.32. The van der Waals surface area contributed by atoms with Crippen molar-refractivity contribution < 1.29 is 14.3 Å². The Balaban J connectivity index is 1.22. The first-order valence-corrected chi connectivity index (χ1v) is 11.4. The van der Waals surface area contributed by atoms with Gasteiger partial charge in [0.2, 0.25) is 5.91 Å². The highest BCUT2D eigenvalue weighted by Gasteiger charge is 2.31. The molecule has 1 saturated carbocycles. The molecule has 1 aliphatic heterocycles. The van der Waals surface area contributed by atoms with Gasteiger partial charge >= 0.3 is 0 Å². The van der Waals surface area contributed by atoms with Gasteiger partial charge in [-0.2, -0.15) is 0 Å². The number of amides is 1. The van der Waals surface area contributed by atoms with Crippen LogP contribution in [0.3, 0.4) is 0 Å². The van der Waals surface area contributed by atoms with Crippen molar-refractivity contribution in [2.75, 3.05) is 26.0 Å². The second-order valence-electron chi connectivity index (χ2n) is 7.85. The third-order valence-electron chi connectivity index (χ3n) is 5.41. The molecule has 2 heterocycles. The smallest absolute Gasteiger partial charge is 0.232 e. The molecule has 1 fully saturated rings. The highest BCUT2D eigenvalue weighted by Crippen LogP contribution is 2.41. The minimum absolute atomic E-state index is 0.0167. The van der Waals surface area contributed by atoms with Crippen molar-refractivity contribution in [1.29, 1.82) is 0 Å². The molecular weight excluding hydrogens is 412 g/mol. The van der Waals surface area contributed by atoms with E-state index in [0.29, 0.717) is 19.1 Å². The fourth-order valence-electron chi connectivity index (χ4n) is 3.60. The molecule has 2 aliphatic rings. The van der Waals surface area contributed by atoms with Crippen molar-refractivity contribution in [2.24, 2.45) is 0 Å². The van der Waals surface area contributed by atoms with Gasteiger partial charge in [-0.15, -0.1) is 10.2 Å². The van der Waals surface area contributed by atoms with Crippen LogP contribution in [0.4, 0.5) is 0 Å². The Morgan fingerprint density at radius 1 is 1.10 bits per heavy atom. The van der Waals surface area contributed by atoms with Gasteiger partial charge in [0.25, 0.3) is 0 Å². The van der Waals surface area contributed by atoms with Gasteiger partial charge in [0.05, 0.1) is 12.3 Å². The molecule has 0 spiro atoms. The molecule has 0 N–H and O–H groups in total. The van der Waals surface area contributed by atoms with E-state index in [9.17, 15) is 4.79 Å². The van der Waals surface area contributed by atoms with Crippen molar-refractivity contribution in [1.82, 2.24) is 19.7 Å². The molecule has 0 saturated heterocycles. The van der Waals surface area contributed by atoms with E-state index in [4.69, 9.17) is 9.47 Å². The molecule has 2 aromatic carbocycles. The molecule has 1 aliphatic carbocycles. The first-order chi connectivity index (χ1) is 15.2. The molecule has 1 unspecified atom stereocenters. The average molecular weight is 437 g/mol. The van der Waals surface area contributed by atoms with E-state index < -0.39 is 0 Å². The summed E-state index contributed by atoms with van der Waals surface area (Å²) in [5.74, 6) is 3.22. The summed E-state index contributed by atoms with van der Waals surface area (Å²) < 4.78 is 13.8. The van der Waals surface area contributed by atoms with Crippen molar-refractivity contribution in [3.05, 3.63) is 60.4 Å². The van der Waals surface area contributed by atoms with Gasteiger partial charge in [-0.3, -0.25) is 9.36 Å². The fraction of sp³-hybridized carbons (Fsp3) is 0.348. The van der Waals surface area contributed by atoms with Crippen molar-refractivity contribution in [2.45, 2.75) is 30.0 Å². The molecule has 1 atom stereocenters. The van der Waals surface area contributed by atoms with Gasteiger partial charge < -0.3 is 14.4 Å². The predicted octanol–water partition coefficient (Wildman–Crippen LogP) is 3.54. The first kappa shape index (κ1) is 19.9. The zero-order valence-electron chi connectivity index (χ0n) is 17.3. The van der Waals surface area contributed by atoms with Gasteiger partial charge in [0.1, 0.15) is 12.4 Å². The predicted molar refractivity (Wildman–Crippen MR) is 118 cm³/mol. The van der Waals surface area contributed by atoms with Crippen LogP contribution in [0.2, 0.25) is 0 Å². The largest absolute Gasteiger partial charge is 0.486 e. The summed E-state index contributed by atoms with van der Waals surface area (Å²) in [6, 6.07) is 17.7. The first-order valence-electron chi connectivity index (χ1n) is 10.4. The molecule has 1 amide bonds. The quantitative estimate of drug-likeness (QED) is 0.528. The van der Waals surface area contributed by atoms with Crippen molar-refractivity contribution >= 4 is 17.7 Å². The lowest BCUT2D eigenvalue weighted by Crippen LogP contribution is -2.42. The number of hydrogen-bond acceptors (Lipinski definition) is 6. The zero-order chi connectivity index (χ0) is 21.2. The topological polar surface area (TPSA) is 69.5 Å². The number of carbonyl (C=O) groups is 1. The van der Waals surface area contributed by atoms with Gasteiger partial charge in [0, 0.05) is 18.7 Å². The molecule has 31 heavy (non-hydrogen) atoms. The number of ether oxygens (including phenoxy) is 2. The Hall–Kier alpha value is -3.00. The summed E-state index contributed by atoms with van der Waals surface area (Å²) in [6.45, 7) is 0.890. The maximum atomic E-state index is 12.8. The summed E-state index contributed by atoms with van der Waals surface area (Å²) in [5, 5.41) is 9.56. The van der Waals surface area contributed by atoms with Crippen LogP contribution in [0.1, 0.15) is 24.6 Å². The number of nitrogens with zero attached hydrogens (tertiary/aromatic N) is 4. The number of thioether (sulfide) groups is 1. The summed E-state index contributed by atoms with van der Waals surface area (Å²) in [4.78, 5) is 14.5.